The van der Waals surface area contributed by atoms with Crippen molar-refractivity contribution in [1.29, 1.82) is 0 Å². The topological polar surface area (TPSA) is 65.4 Å². The Balaban J connectivity index is 1.41. The van der Waals surface area contributed by atoms with Crippen LogP contribution < -0.4 is 10.1 Å². The maximum absolute atomic E-state index is 13.8. The number of anilines is 1. The molecule has 1 aromatic heterocycles. The van der Waals surface area contributed by atoms with Gasteiger partial charge in [-0.15, -0.1) is 0 Å². The summed E-state index contributed by atoms with van der Waals surface area (Å²) in [6.45, 7) is 8.65. The molecule has 0 spiro atoms. The van der Waals surface area contributed by atoms with E-state index in [2.05, 4.69) is 28.7 Å². The lowest BCUT2D eigenvalue weighted by molar-refractivity contribution is -0.137. The highest BCUT2D eigenvalue weighted by Gasteiger charge is 2.32. The molecule has 45 heavy (non-hydrogen) atoms. The molecule has 3 aromatic carbocycles. The molecule has 238 valence electrons. The van der Waals surface area contributed by atoms with E-state index in [1.165, 1.54) is 18.2 Å². The highest BCUT2D eigenvalue weighted by atomic mass is 32.2. The number of aryl methyl sites for hydroxylation is 2. The molecule has 1 N–H and O–H groups in total. The molecule has 0 saturated heterocycles. The van der Waals surface area contributed by atoms with E-state index in [4.69, 9.17) is 9.47 Å². The van der Waals surface area contributed by atoms with E-state index in [0.717, 1.165) is 59.1 Å². The molecule has 0 atom stereocenters. The average molecular weight is 638 g/mol. The Hall–Kier alpha value is -4.02. The molecule has 0 unspecified atom stereocenters. The Morgan fingerprint density at radius 2 is 1.69 bits per heavy atom. The van der Waals surface area contributed by atoms with Gasteiger partial charge in [-0.1, -0.05) is 50.2 Å². The third-order valence-corrected chi connectivity index (χ3v) is 8.09. The zero-order valence-corrected chi connectivity index (χ0v) is 26.5. The largest absolute Gasteiger partial charge is 0.491 e. The van der Waals surface area contributed by atoms with Gasteiger partial charge in [0.1, 0.15) is 17.4 Å². The van der Waals surface area contributed by atoms with Crippen LogP contribution in [-0.4, -0.2) is 35.3 Å². The number of imidazole rings is 1. The Morgan fingerprint density at radius 3 is 2.38 bits per heavy atom. The number of aromatic nitrogens is 2. The number of nitrogens with one attached hydrogen (secondary N) is 1. The number of benzene rings is 3. The first-order valence-electron chi connectivity index (χ1n) is 15.0. The van der Waals surface area contributed by atoms with E-state index in [9.17, 15) is 18.0 Å². The second-order valence-electron chi connectivity index (χ2n) is 10.4. The SMILES string of the molecule is CCCCOCCOc1ccc(-c2ccc(C(F)(F)F)c(/C=C/C(=O)Nc3ccc(Sc4c(C)ncn4CCC)cc3)c2)cc1. The molecule has 0 fully saturated rings. The summed E-state index contributed by atoms with van der Waals surface area (Å²) in [5, 5.41) is 3.79. The van der Waals surface area contributed by atoms with Crippen molar-refractivity contribution in [2.75, 3.05) is 25.1 Å². The van der Waals surface area contributed by atoms with Crippen molar-refractivity contribution in [1.82, 2.24) is 9.55 Å². The maximum Gasteiger partial charge on any atom is 0.416 e. The lowest BCUT2D eigenvalue weighted by Crippen LogP contribution is -2.09. The summed E-state index contributed by atoms with van der Waals surface area (Å²) >= 11 is 1.59. The van der Waals surface area contributed by atoms with Crippen LogP contribution in [0.25, 0.3) is 17.2 Å². The molecule has 10 heteroatoms. The second kappa shape index (κ2) is 16.3. The van der Waals surface area contributed by atoms with Crippen molar-refractivity contribution in [3.05, 3.63) is 96.0 Å². The lowest BCUT2D eigenvalue weighted by atomic mass is 9.98. The number of ether oxygens (including phenoxy) is 2. The number of hydrogen-bond acceptors (Lipinski definition) is 5. The number of halogens is 3. The summed E-state index contributed by atoms with van der Waals surface area (Å²) in [4.78, 5) is 18.1. The van der Waals surface area contributed by atoms with E-state index in [1.807, 2.05) is 25.4 Å². The predicted molar refractivity (Wildman–Crippen MR) is 174 cm³/mol. The molecule has 0 radical (unpaired) electrons. The van der Waals surface area contributed by atoms with Gasteiger partial charge in [0, 0.05) is 29.8 Å². The van der Waals surface area contributed by atoms with Gasteiger partial charge in [0.05, 0.1) is 24.2 Å². The smallest absolute Gasteiger partial charge is 0.416 e. The fourth-order valence-electron chi connectivity index (χ4n) is 4.52. The molecule has 0 aliphatic heterocycles. The number of rotatable bonds is 15. The van der Waals surface area contributed by atoms with Crippen molar-refractivity contribution in [3.8, 4) is 16.9 Å². The Bertz CT molecular complexity index is 1570. The van der Waals surface area contributed by atoms with Gasteiger partial charge in [0.25, 0.3) is 0 Å². The number of alkyl halides is 3. The van der Waals surface area contributed by atoms with Crippen molar-refractivity contribution in [2.45, 2.75) is 62.7 Å². The van der Waals surface area contributed by atoms with Gasteiger partial charge in [0.2, 0.25) is 5.91 Å². The zero-order valence-electron chi connectivity index (χ0n) is 25.7. The molecular weight excluding hydrogens is 599 g/mol. The van der Waals surface area contributed by atoms with Gasteiger partial charge >= 0.3 is 6.18 Å². The van der Waals surface area contributed by atoms with Gasteiger partial charge in [-0.05, 0) is 91.1 Å². The molecule has 6 nitrogen and oxygen atoms in total. The summed E-state index contributed by atoms with van der Waals surface area (Å²) in [5.74, 6) is 0.109. The minimum atomic E-state index is -4.58. The summed E-state index contributed by atoms with van der Waals surface area (Å²) in [6.07, 6.45) is 2.63. The first-order valence-corrected chi connectivity index (χ1v) is 15.8. The van der Waals surface area contributed by atoms with Crippen LogP contribution in [0.15, 0.2) is 89.1 Å². The Morgan fingerprint density at radius 1 is 0.956 bits per heavy atom. The Labute approximate surface area is 266 Å². The highest BCUT2D eigenvalue weighted by molar-refractivity contribution is 7.99. The minimum Gasteiger partial charge on any atom is -0.491 e. The summed E-state index contributed by atoms with van der Waals surface area (Å²) in [7, 11) is 0. The van der Waals surface area contributed by atoms with Crippen LogP contribution >= 0.6 is 11.8 Å². The quantitative estimate of drug-likeness (QED) is 0.104. The van der Waals surface area contributed by atoms with E-state index in [0.29, 0.717) is 36.8 Å². The lowest BCUT2D eigenvalue weighted by Gasteiger charge is -2.13. The van der Waals surface area contributed by atoms with Crippen molar-refractivity contribution in [2.24, 2.45) is 0 Å². The van der Waals surface area contributed by atoms with E-state index >= 15 is 0 Å². The third-order valence-electron chi connectivity index (χ3n) is 6.86. The van der Waals surface area contributed by atoms with Crippen LogP contribution in [0.3, 0.4) is 0 Å². The van der Waals surface area contributed by atoms with Gasteiger partial charge in [-0.25, -0.2) is 4.98 Å². The van der Waals surface area contributed by atoms with Gasteiger partial charge in [-0.3, -0.25) is 4.79 Å². The fraction of sp³-hybridized carbons (Fsp3) is 0.314. The van der Waals surface area contributed by atoms with Crippen LogP contribution in [0, 0.1) is 6.92 Å². The van der Waals surface area contributed by atoms with E-state index < -0.39 is 17.6 Å². The molecule has 1 amide bonds. The summed E-state index contributed by atoms with van der Waals surface area (Å²) in [6, 6.07) is 18.3. The minimum absolute atomic E-state index is 0.106. The van der Waals surface area contributed by atoms with Crippen LogP contribution in [-0.2, 0) is 22.3 Å². The van der Waals surface area contributed by atoms with Crippen LogP contribution in [0.1, 0.15) is 49.9 Å². The third kappa shape index (κ3) is 9.99. The number of carbonyl (C=O) groups excluding carboxylic acids is 1. The first-order chi connectivity index (χ1) is 21.7. The number of hydrogen-bond donors (Lipinski definition) is 1. The fourth-order valence-corrected chi connectivity index (χ4v) is 5.47. The standard InChI is InChI=1S/C35H38F3N3O3S/c1-4-6-20-43-21-22-44-30-13-7-26(8-14-30)27-9-17-32(35(36,37)38)28(23-27)10-18-33(42)40-29-11-15-31(16-12-29)45-34-25(3)39-24-41(34)19-5-2/h7-18,23-24H,4-6,19-22H2,1-3H3,(H,40,42)/b18-10+. The molecule has 0 saturated carbocycles. The molecule has 0 bridgehead atoms. The number of amides is 1. The van der Waals surface area contributed by atoms with E-state index in [1.54, 1.807) is 48.2 Å². The molecule has 1 heterocycles. The Kier molecular flexibility index (Phi) is 12.3. The average Bonchev–Trinajstić information content (AvgIpc) is 3.36. The van der Waals surface area contributed by atoms with Gasteiger partial charge < -0.3 is 19.4 Å². The van der Waals surface area contributed by atoms with Gasteiger partial charge in [-0.2, -0.15) is 13.2 Å². The first kappa shape index (κ1) is 33.9. The second-order valence-corrected chi connectivity index (χ2v) is 11.5. The maximum atomic E-state index is 13.8. The normalized spacial score (nSPS) is 11.7. The molecular formula is C35H38F3N3O3S. The van der Waals surface area contributed by atoms with Gasteiger partial charge in [0.15, 0.2) is 0 Å². The van der Waals surface area contributed by atoms with E-state index in [-0.39, 0.29) is 5.56 Å². The van der Waals surface area contributed by atoms with Crippen molar-refractivity contribution >= 4 is 29.4 Å². The number of unbranched alkanes of at least 4 members (excludes halogenated alkanes) is 1. The van der Waals surface area contributed by atoms with Crippen LogP contribution in [0.5, 0.6) is 5.75 Å². The zero-order chi connectivity index (χ0) is 32.2. The van der Waals surface area contributed by atoms with Crippen LogP contribution in [0.2, 0.25) is 0 Å². The number of carbonyl (C=O) groups is 1. The predicted octanol–water partition coefficient (Wildman–Crippen LogP) is 9.29. The van der Waals surface area contributed by atoms with Crippen molar-refractivity contribution < 1.29 is 27.4 Å². The summed E-state index contributed by atoms with van der Waals surface area (Å²) < 4.78 is 54.8. The molecule has 0 aliphatic rings. The van der Waals surface area contributed by atoms with Crippen LogP contribution in [0.4, 0.5) is 18.9 Å². The molecule has 0 aliphatic carbocycles. The molecule has 4 aromatic rings. The highest BCUT2D eigenvalue weighted by Crippen LogP contribution is 2.35. The molecule has 4 rings (SSSR count). The number of nitrogens with zero attached hydrogens (tertiary/aromatic N) is 2. The van der Waals surface area contributed by atoms with Crippen molar-refractivity contribution in [3.63, 3.8) is 0 Å². The monoisotopic (exact) mass is 637 g/mol. The summed E-state index contributed by atoms with van der Waals surface area (Å²) in [5.41, 5.74) is 1.86.